The van der Waals surface area contributed by atoms with E-state index in [9.17, 15) is 9.59 Å². The van der Waals surface area contributed by atoms with E-state index in [1.54, 1.807) is 22.3 Å². The summed E-state index contributed by atoms with van der Waals surface area (Å²) in [5, 5.41) is 7.97. The molecule has 4 rings (SSSR count). The fourth-order valence-electron chi connectivity index (χ4n) is 3.62. The summed E-state index contributed by atoms with van der Waals surface area (Å²) in [7, 11) is 0. The van der Waals surface area contributed by atoms with Crippen molar-refractivity contribution in [3.8, 4) is 10.6 Å². The fourth-order valence-corrected chi connectivity index (χ4v) is 4.34. The molecule has 6 heteroatoms. The van der Waals surface area contributed by atoms with E-state index in [0.717, 1.165) is 21.5 Å². The molecular formula is C25H25N3O2S. The molecule has 0 spiro atoms. The largest absolute Gasteiger partial charge is 0.332 e. The summed E-state index contributed by atoms with van der Waals surface area (Å²) < 4.78 is 1.31. The third-order valence-electron chi connectivity index (χ3n) is 5.20. The van der Waals surface area contributed by atoms with Crippen molar-refractivity contribution in [1.82, 2.24) is 14.7 Å². The Bertz CT molecular complexity index is 1260. The lowest BCUT2D eigenvalue weighted by molar-refractivity contribution is -0.137. The Kier molecular flexibility index (Phi) is 5.74. The van der Waals surface area contributed by atoms with Crippen LogP contribution in [0.4, 0.5) is 0 Å². The molecule has 0 aliphatic carbocycles. The number of carbonyl (C=O) groups excluding carboxylic acids is 1. The van der Waals surface area contributed by atoms with E-state index < -0.39 is 5.54 Å². The van der Waals surface area contributed by atoms with Crippen molar-refractivity contribution in [2.24, 2.45) is 0 Å². The summed E-state index contributed by atoms with van der Waals surface area (Å²) in [4.78, 5) is 29.3. The van der Waals surface area contributed by atoms with Crippen LogP contribution in [0, 0.1) is 0 Å². The second-order valence-electron chi connectivity index (χ2n) is 8.47. The van der Waals surface area contributed by atoms with Gasteiger partial charge >= 0.3 is 0 Å². The maximum Gasteiger partial charge on any atom is 0.275 e. The number of fused-ring (bicyclic) bond motifs is 1. The predicted molar refractivity (Wildman–Crippen MR) is 126 cm³/mol. The van der Waals surface area contributed by atoms with Crippen LogP contribution in [-0.4, -0.2) is 26.1 Å². The van der Waals surface area contributed by atoms with Crippen LogP contribution in [0.3, 0.4) is 0 Å². The van der Waals surface area contributed by atoms with Crippen molar-refractivity contribution < 1.29 is 4.79 Å². The predicted octanol–water partition coefficient (Wildman–Crippen LogP) is 4.95. The molecule has 2 aromatic heterocycles. The van der Waals surface area contributed by atoms with Gasteiger partial charge in [-0.05, 0) is 43.8 Å². The highest BCUT2D eigenvalue weighted by Crippen LogP contribution is 2.28. The molecule has 0 saturated heterocycles. The Morgan fingerprint density at radius 2 is 1.65 bits per heavy atom. The normalized spacial score (nSPS) is 11.6. The summed E-state index contributed by atoms with van der Waals surface area (Å²) >= 11 is 1.56. The molecule has 2 heterocycles. The summed E-state index contributed by atoms with van der Waals surface area (Å²) in [5.74, 6) is -0.140. The molecule has 5 nitrogen and oxygen atoms in total. The fraction of sp³-hybridized carbons (Fsp3) is 0.240. The molecular weight excluding hydrogens is 406 g/mol. The number of amides is 1. The van der Waals surface area contributed by atoms with E-state index >= 15 is 0 Å². The van der Waals surface area contributed by atoms with Crippen LogP contribution in [-0.2, 0) is 17.9 Å². The van der Waals surface area contributed by atoms with Gasteiger partial charge in [0.15, 0.2) is 0 Å². The van der Waals surface area contributed by atoms with Crippen LogP contribution < -0.4 is 5.56 Å². The minimum absolute atomic E-state index is 0.105. The quantitative estimate of drug-likeness (QED) is 0.449. The van der Waals surface area contributed by atoms with E-state index in [0.29, 0.717) is 11.9 Å². The van der Waals surface area contributed by atoms with E-state index in [1.807, 2.05) is 86.8 Å². The van der Waals surface area contributed by atoms with Crippen LogP contribution in [0.1, 0.15) is 26.3 Å². The molecule has 2 aromatic carbocycles. The zero-order chi connectivity index (χ0) is 22.0. The van der Waals surface area contributed by atoms with Gasteiger partial charge in [0.1, 0.15) is 12.2 Å². The van der Waals surface area contributed by atoms with E-state index in [-0.39, 0.29) is 18.0 Å². The first-order valence-electron chi connectivity index (χ1n) is 10.2. The van der Waals surface area contributed by atoms with Gasteiger partial charge in [-0.2, -0.15) is 5.10 Å². The summed E-state index contributed by atoms with van der Waals surface area (Å²) in [5.41, 5.74) is 1.12. The van der Waals surface area contributed by atoms with Gasteiger partial charge in [0.05, 0.1) is 10.3 Å². The number of hydrogen-bond donors (Lipinski definition) is 0. The molecule has 0 atom stereocenters. The second kappa shape index (κ2) is 8.47. The van der Waals surface area contributed by atoms with Crippen molar-refractivity contribution >= 4 is 28.0 Å². The minimum atomic E-state index is -0.399. The lowest BCUT2D eigenvalue weighted by atomic mass is 10.0. The number of rotatable bonds is 5. The standard InChI is InChI=1S/C25H25N3O2S/c1-25(2,3)27(16-18-10-5-4-6-11-18)22(29)17-28-24(30)20-13-8-7-12-19(20)23(26-28)21-14-9-15-31-21/h4-15H,16-17H2,1-3H3. The van der Waals surface area contributed by atoms with Gasteiger partial charge < -0.3 is 4.90 Å². The van der Waals surface area contributed by atoms with Crippen LogP contribution in [0.5, 0.6) is 0 Å². The third kappa shape index (κ3) is 4.44. The van der Waals surface area contributed by atoms with Crippen molar-refractivity contribution in [1.29, 1.82) is 0 Å². The van der Waals surface area contributed by atoms with Gasteiger partial charge in [-0.15, -0.1) is 11.3 Å². The molecule has 0 aliphatic rings. The first kappa shape index (κ1) is 21.0. The van der Waals surface area contributed by atoms with Gasteiger partial charge in [0.25, 0.3) is 5.56 Å². The second-order valence-corrected chi connectivity index (χ2v) is 9.42. The zero-order valence-corrected chi connectivity index (χ0v) is 18.7. The highest BCUT2D eigenvalue weighted by molar-refractivity contribution is 7.13. The van der Waals surface area contributed by atoms with Crippen LogP contribution >= 0.6 is 11.3 Å². The number of aromatic nitrogens is 2. The number of thiophene rings is 1. The zero-order valence-electron chi connectivity index (χ0n) is 17.9. The van der Waals surface area contributed by atoms with Crippen molar-refractivity contribution in [3.05, 3.63) is 88.0 Å². The number of benzene rings is 2. The van der Waals surface area contributed by atoms with E-state index in [2.05, 4.69) is 5.10 Å². The van der Waals surface area contributed by atoms with E-state index in [1.165, 1.54) is 4.68 Å². The van der Waals surface area contributed by atoms with Crippen LogP contribution in [0.15, 0.2) is 76.9 Å². The molecule has 0 bridgehead atoms. The SMILES string of the molecule is CC(C)(C)N(Cc1ccccc1)C(=O)Cn1nc(-c2cccs2)c2ccccc2c1=O. The van der Waals surface area contributed by atoms with Crippen molar-refractivity contribution in [2.75, 3.05) is 0 Å². The molecule has 158 valence electrons. The minimum Gasteiger partial charge on any atom is -0.332 e. The van der Waals surface area contributed by atoms with Crippen LogP contribution in [0.2, 0.25) is 0 Å². The average Bonchev–Trinajstić information content (AvgIpc) is 3.28. The first-order chi connectivity index (χ1) is 14.8. The van der Waals surface area contributed by atoms with Gasteiger partial charge in [-0.25, -0.2) is 4.68 Å². The van der Waals surface area contributed by atoms with Gasteiger partial charge in [-0.1, -0.05) is 54.6 Å². The number of nitrogens with zero attached hydrogens (tertiary/aromatic N) is 3. The summed E-state index contributed by atoms with van der Waals surface area (Å²) in [6.07, 6.45) is 0. The maximum absolute atomic E-state index is 13.4. The van der Waals surface area contributed by atoms with Gasteiger partial charge in [-0.3, -0.25) is 9.59 Å². The highest BCUT2D eigenvalue weighted by atomic mass is 32.1. The monoisotopic (exact) mass is 431 g/mol. The topological polar surface area (TPSA) is 55.2 Å². The Hall–Kier alpha value is -3.25. The highest BCUT2D eigenvalue weighted by Gasteiger charge is 2.27. The molecule has 0 aliphatic heterocycles. The number of carbonyl (C=O) groups is 1. The lowest BCUT2D eigenvalue weighted by Crippen LogP contribution is -2.47. The summed E-state index contributed by atoms with van der Waals surface area (Å²) in [6.45, 7) is 6.37. The molecule has 1 amide bonds. The smallest absolute Gasteiger partial charge is 0.275 e. The Labute approximate surface area is 185 Å². The van der Waals surface area contributed by atoms with Crippen molar-refractivity contribution in [3.63, 3.8) is 0 Å². The Morgan fingerprint density at radius 1 is 0.968 bits per heavy atom. The average molecular weight is 432 g/mol. The molecule has 0 radical (unpaired) electrons. The third-order valence-corrected chi connectivity index (χ3v) is 6.08. The number of hydrogen-bond acceptors (Lipinski definition) is 4. The Morgan fingerprint density at radius 3 is 2.29 bits per heavy atom. The molecule has 0 saturated carbocycles. The first-order valence-corrected chi connectivity index (χ1v) is 11.1. The van der Waals surface area contributed by atoms with Crippen LogP contribution in [0.25, 0.3) is 21.3 Å². The molecule has 31 heavy (non-hydrogen) atoms. The molecule has 0 N–H and O–H groups in total. The van der Waals surface area contributed by atoms with Crippen molar-refractivity contribution in [2.45, 2.75) is 39.4 Å². The maximum atomic E-state index is 13.4. The lowest BCUT2D eigenvalue weighted by Gasteiger charge is -2.36. The van der Waals surface area contributed by atoms with Gasteiger partial charge in [0, 0.05) is 17.5 Å². The Balaban J connectivity index is 1.74. The molecule has 4 aromatic rings. The molecule has 0 unspecified atom stereocenters. The van der Waals surface area contributed by atoms with E-state index in [4.69, 9.17) is 0 Å². The molecule has 0 fully saturated rings. The van der Waals surface area contributed by atoms with Gasteiger partial charge in [0.2, 0.25) is 5.91 Å². The summed E-state index contributed by atoms with van der Waals surface area (Å²) in [6, 6.07) is 21.3.